The van der Waals surface area contributed by atoms with Gasteiger partial charge in [-0.1, -0.05) is 39.0 Å². The van der Waals surface area contributed by atoms with Crippen molar-refractivity contribution in [3.05, 3.63) is 41.7 Å². The molecule has 2 unspecified atom stereocenters. The summed E-state index contributed by atoms with van der Waals surface area (Å²) in [4.78, 5) is 0.303. The smallest absolute Gasteiger partial charge is 0.236 e. The van der Waals surface area contributed by atoms with Crippen LogP contribution in [-0.2, 0) is 10.0 Å². The van der Waals surface area contributed by atoms with Crippen molar-refractivity contribution < 1.29 is 8.42 Å². The van der Waals surface area contributed by atoms with Gasteiger partial charge in [-0.2, -0.15) is 5.10 Å². The molecule has 142 valence electrons. The van der Waals surface area contributed by atoms with Gasteiger partial charge in [0.25, 0.3) is 0 Å². The van der Waals surface area contributed by atoms with Gasteiger partial charge in [0.05, 0.1) is 17.1 Å². The number of benzene rings is 1. The van der Waals surface area contributed by atoms with Crippen LogP contribution >= 0.6 is 0 Å². The Morgan fingerprint density at radius 1 is 1.15 bits per heavy atom. The lowest BCUT2D eigenvalue weighted by Crippen LogP contribution is -2.43. The number of hydrogen-bond acceptors (Lipinski definition) is 3. The summed E-state index contributed by atoms with van der Waals surface area (Å²) < 4.78 is 30.9. The van der Waals surface area contributed by atoms with Crippen molar-refractivity contribution in [2.24, 2.45) is 11.3 Å². The fourth-order valence-electron chi connectivity index (χ4n) is 4.55. The van der Waals surface area contributed by atoms with Crippen LogP contribution in [0.1, 0.15) is 51.4 Å². The van der Waals surface area contributed by atoms with E-state index in [1.807, 2.05) is 37.3 Å². The van der Waals surface area contributed by atoms with Crippen LogP contribution in [0.2, 0.25) is 0 Å². The van der Waals surface area contributed by atoms with Gasteiger partial charge in [0, 0.05) is 6.04 Å². The molecule has 0 amide bonds. The third-order valence-corrected chi connectivity index (χ3v) is 6.98. The molecular weight excluding hydrogens is 346 g/mol. The molecule has 0 aliphatic heterocycles. The maximum atomic E-state index is 13.1. The fraction of sp³-hybridized carbons (Fsp3) is 0.550. The topological polar surface area (TPSA) is 64.0 Å². The predicted octanol–water partition coefficient (Wildman–Crippen LogP) is 3.98. The van der Waals surface area contributed by atoms with Crippen molar-refractivity contribution in [1.29, 1.82) is 0 Å². The Labute approximate surface area is 156 Å². The zero-order valence-corrected chi connectivity index (χ0v) is 17.1. The minimum absolute atomic E-state index is 0.0300. The van der Waals surface area contributed by atoms with Crippen LogP contribution < -0.4 is 4.72 Å². The van der Waals surface area contributed by atoms with Gasteiger partial charge in [-0.25, -0.2) is 17.8 Å². The third kappa shape index (κ3) is 3.86. The van der Waals surface area contributed by atoms with Gasteiger partial charge in [0.1, 0.15) is 4.90 Å². The molecule has 1 aromatic carbocycles. The minimum Gasteiger partial charge on any atom is -0.236 e. The molecule has 0 bridgehead atoms. The Kier molecular flexibility index (Phi) is 5.01. The summed E-state index contributed by atoms with van der Waals surface area (Å²) in [6.07, 6.45) is 2.88. The molecule has 5 nitrogen and oxygen atoms in total. The highest BCUT2D eigenvalue weighted by molar-refractivity contribution is 7.89. The first-order chi connectivity index (χ1) is 12.1. The Morgan fingerprint density at radius 3 is 2.42 bits per heavy atom. The zero-order chi connectivity index (χ0) is 19.1. The van der Waals surface area contributed by atoms with Crippen molar-refractivity contribution >= 4 is 10.0 Å². The highest BCUT2D eigenvalue weighted by atomic mass is 32.2. The van der Waals surface area contributed by atoms with E-state index in [-0.39, 0.29) is 11.5 Å². The second-order valence-electron chi connectivity index (χ2n) is 8.48. The maximum absolute atomic E-state index is 13.1. The molecule has 1 aliphatic carbocycles. The second kappa shape index (κ2) is 6.82. The molecule has 1 heterocycles. The normalized spacial score (nSPS) is 23.1. The molecule has 0 saturated heterocycles. The number of sulfonamides is 1. The number of rotatable bonds is 4. The Morgan fingerprint density at radius 2 is 1.81 bits per heavy atom. The first-order valence-corrected chi connectivity index (χ1v) is 10.7. The molecule has 1 N–H and O–H groups in total. The fourth-order valence-corrected chi connectivity index (χ4v) is 6.19. The summed E-state index contributed by atoms with van der Waals surface area (Å²) in [6.45, 7) is 10.2. The zero-order valence-electron chi connectivity index (χ0n) is 16.3. The summed E-state index contributed by atoms with van der Waals surface area (Å²) >= 11 is 0. The second-order valence-corrected chi connectivity index (χ2v) is 10.1. The molecule has 2 aromatic rings. The van der Waals surface area contributed by atoms with E-state index in [0.717, 1.165) is 24.9 Å². The summed E-state index contributed by atoms with van der Waals surface area (Å²) in [5.74, 6) is 0.515. The molecule has 6 heteroatoms. The van der Waals surface area contributed by atoms with Crippen LogP contribution in [0.15, 0.2) is 35.2 Å². The lowest BCUT2D eigenvalue weighted by atomic mass is 9.71. The number of aryl methyl sites for hydroxylation is 1. The van der Waals surface area contributed by atoms with E-state index in [0.29, 0.717) is 22.2 Å². The van der Waals surface area contributed by atoms with E-state index in [1.165, 1.54) is 0 Å². The van der Waals surface area contributed by atoms with E-state index < -0.39 is 10.0 Å². The summed E-state index contributed by atoms with van der Waals surface area (Å²) in [5.41, 5.74) is 2.19. The van der Waals surface area contributed by atoms with Crippen LogP contribution in [0.3, 0.4) is 0 Å². The largest absolute Gasteiger partial charge is 0.244 e. The van der Waals surface area contributed by atoms with Crippen molar-refractivity contribution in [3.63, 3.8) is 0 Å². The summed E-state index contributed by atoms with van der Waals surface area (Å²) in [6, 6.07) is 9.59. The van der Waals surface area contributed by atoms with Gasteiger partial charge >= 0.3 is 0 Å². The van der Waals surface area contributed by atoms with Crippen LogP contribution in [0.4, 0.5) is 0 Å². The van der Waals surface area contributed by atoms with Gasteiger partial charge < -0.3 is 0 Å². The van der Waals surface area contributed by atoms with Crippen molar-refractivity contribution in [1.82, 2.24) is 14.5 Å². The van der Waals surface area contributed by atoms with Gasteiger partial charge in [0.15, 0.2) is 0 Å². The number of para-hydroxylation sites is 1. The van der Waals surface area contributed by atoms with Crippen molar-refractivity contribution in [2.45, 2.75) is 64.8 Å². The van der Waals surface area contributed by atoms with Crippen LogP contribution in [-0.4, -0.2) is 24.2 Å². The summed E-state index contributed by atoms with van der Waals surface area (Å²) in [7, 11) is -3.62. The SMILES string of the molecule is Cc1nn(-c2ccccc2)c(C)c1S(=O)(=O)NC1CC(C)CC(C)(C)C1. The standard InChI is InChI=1S/C20H29N3O2S/c1-14-11-17(13-20(4,5)12-14)22-26(24,25)19-15(2)21-23(16(19)3)18-9-7-6-8-10-18/h6-10,14,17,22H,11-13H2,1-5H3. The Bertz CT molecular complexity index is 885. The molecular formula is C20H29N3O2S. The van der Waals surface area contributed by atoms with Gasteiger partial charge in [-0.3, -0.25) is 0 Å². The van der Waals surface area contributed by atoms with E-state index in [4.69, 9.17) is 0 Å². The van der Waals surface area contributed by atoms with Crippen molar-refractivity contribution in [2.75, 3.05) is 0 Å². The molecule has 0 radical (unpaired) electrons. The number of hydrogen-bond donors (Lipinski definition) is 1. The average Bonchev–Trinajstić information content (AvgIpc) is 2.81. The highest BCUT2D eigenvalue weighted by Gasteiger charge is 2.35. The Hall–Kier alpha value is -1.66. The summed E-state index contributed by atoms with van der Waals surface area (Å²) in [5, 5.41) is 4.48. The number of nitrogens with zero attached hydrogens (tertiary/aromatic N) is 2. The van der Waals surface area contributed by atoms with E-state index in [9.17, 15) is 8.42 Å². The lowest BCUT2D eigenvalue weighted by molar-refractivity contribution is 0.163. The van der Waals surface area contributed by atoms with Crippen LogP contribution in [0, 0.1) is 25.2 Å². The molecule has 2 atom stereocenters. The molecule has 0 spiro atoms. The van der Waals surface area contributed by atoms with E-state index in [1.54, 1.807) is 11.6 Å². The minimum atomic E-state index is -3.62. The first-order valence-electron chi connectivity index (χ1n) is 9.23. The first kappa shape index (κ1) is 19.1. The number of nitrogens with one attached hydrogen (secondary N) is 1. The molecule has 1 fully saturated rings. The van der Waals surface area contributed by atoms with E-state index >= 15 is 0 Å². The monoisotopic (exact) mass is 375 g/mol. The quantitative estimate of drug-likeness (QED) is 0.879. The average molecular weight is 376 g/mol. The number of aromatic nitrogens is 2. The van der Waals surface area contributed by atoms with Crippen LogP contribution in [0.5, 0.6) is 0 Å². The predicted molar refractivity (Wildman–Crippen MR) is 104 cm³/mol. The van der Waals surface area contributed by atoms with Crippen molar-refractivity contribution in [3.8, 4) is 5.69 Å². The third-order valence-electron chi connectivity index (χ3n) is 5.20. The highest BCUT2D eigenvalue weighted by Crippen LogP contribution is 2.39. The van der Waals surface area contributed by atoms with Gasteiger partial charge in [0.2, 0.25) is 10.0 Å². The lowest BCUT2D eigenvalue weighted by Gasteiger charge is -2.39. The van der Waals surface area contributed by atoms with Gasteiger partial charge in [-0.05, 0) is 56.6 Å². The van der Waals surface area contributed by atoms with E-state index in [2.05, 4.69) is 30.6 Å². The molecule has 1 aliphatic rings. The molecule has 1 aromatic heterocycles. The Balaban J connectivity index is 1.92. The molecule has 26 heavy (non-hydrogen) atoms. The molecule has 3 rings (SSSR count). The van der Waals surface area contributed by atoms with Crippen LogP contribution in [0.25, 0.3) is 5.69 Å². The van der Waals surface area contributed by atoms with Gasteiger partial charge in [-0.15, -0.1) is 0 Å². The molecule has 1 saturated carbocycles. The maximum Gasteiger partial charge on any atom is 0.244 e.